The van der Waals surface area contributed by atoms with Crippen molar-refractivity contribution in [2.75, 3.05) is 11.5 Å². The third kappa shape index (κ3) is 4.67. The molecule has 6 nitrogen and oxygen atoms in total. The molecule has 0 aliphatic carbocycles. The van der Waals surface area contributed by atoms with E-state index in [2.05, 4.69) is 4.98 Å². The number of carbonyl (C=O) groups excluding carboxylic acids is 2. The summed E-state index contributed by atoms with van der Waals surface area (Å²) in [4.78, 5) is 32.4. The number of hydrogen-bond acceptors (Lipinski definition) is 6. The van der Waals surface area contributed by atoms with Crippen LogP contribution in [0.2, 0.25) is 0 Å². The molecular formula is C30H26F2N2O4S. The summed E-state index contributed by atoms with van der Waals surface area (Å²) in [5.74, 6) is -3.07. The Kier molecular flexibility index (Phi) is 6.94. The molecule has 9 heteroatoms. The number of thiazole rings is 1. The van der Waals surface area contributed by atoms with Crippen LogP contribution in [0.25, 0.3) is 16.0 Å². The number of rotatable bonds is 6. The summed E-state index contributed by atoms with van der Waals surface area (Å²) in [5.41, 5.74) is 2.42. The number of ether oxygens (including phenoxy) is 1. The van der Waals surface area contributed by atoms with Crippen LogP contribution < -0.4 is 9.64 Å². The van der Waals surface area contributed by atoms with Crippen LogP contribution in [0.15, 0.2) is 60.2 Å². The van der Waals surface area contributed by atoms with E-state index in [0.29, 0.717) is 23.5 Å². The van der Waals surface area contributed by atoms with E-state index in [0.717, 1.165) is 39.5 Å². The molecule has 0 saturated carbocycles. The topological polar surface area (TPSA) is 79.7 Å². The van der Waals surface area contributed by atoms with Crippen molar-refractivity contribution < 1.29 is 28.2 Å². The molecule has 200 valence electrons. The largest absolute Gasteiger partial charge is 0.507 e. The van der Waals surface area contributed by atoms with E-state index in [9.17, 15) is 23.5 Å². The highest BCUT2D eigenvalue weighted by Gasteiger charge is 2.48. The summed E-state index contributed by atoms with van der Waals surface area (Å²) >= 11 is 0.896. The molecular weight excluding hydrogens is 522 g/mol. The van der Waals surface area contributed by atoms with Crippen LogP contribution in [0.1, 0.15) is 55.0 Å². The zero-order valence-electron chi connectivity index (χ0n) is 21.8. The number of nitrogens with zero attached hydrogens (tertiary/aromatic N) is 2. The van der Waals surface area contributed by atoms with Crippen molar-refractivity contribution >= 4 is 44.1 Å². The third-order valence-electron chi connectivity index (χ3n) is 6.62. The van der Waals surface area contributed by atoms with Crippen molar-refractivity contribution in [1.29, 1.82) is 0 Å². The number of aromatic nitrogens is 1. The van der Waals surface area contributed by atoms with Gasteiger partial charge in [0.2, 0.25) is 0 Å². The second-order valence-corrected chi connectivity index (χ2v) is 10.7. The summed E-state index contributed by atoms with van der Waals surface area (Å²) in [6.07, 6.45) is 0. The average molecular weight is 549 g/mol. The molecule has 5 rings (SSSR count). The number of Topliss-reactive ketones (excluding diaryl/α,β-unsaturated/α-hetero) is 1. The van der Waals surface area contributed by atoms with Crippen molar-refractivity contribution in [3.05, 3.63) is 94.1 Å². The van der Waals surface area contributed by atoms with E-state index in [1.165, 1.54) is 0 Å². The maximum absolute atomic E-state index is 14.5. The molecule has 1 aliphatic heterocycles. The van der Waals surface area contributed by atoms with Gasteiger partial charge in [0, 0.05) is 11.6 Å². The molecule has 1 aliphatic rings. The molecule has 1 fully saturated rings. The number of benzene rings is 3. The second-order valence-electron chi connectivity index (χ2n) is 9.65. The van der Waals surface area contributed by atoms with Gasteiger partial charge in [-0.15, -0.1) is 0 Å². The minimum absolute atomic E-state index is 0.0247. The fourth-order valence-corrected chi connectivity index (χ4v) is 5.85. The van der Waals surface area contributed by atoms with Gasteiger partial charge in [-0.05, 0) is 55.2 Å². The van der Waals surface area contributed by atoms with Gasteiger partial charge in [0.1, 0.15) is 22.8 Å². The van der Waals surface area contributed by atoms with Crippen LogP contribution in [-0.2, 0) is 9.59 Å². The quantitative estimate of drug-likeness (QED) is 0.159. The molecule has 0 bridgehead atoms. The highest BCUT2D eigenvalue weighted by molar-refractivity contribution is 7.22. The predicted octanol–water partition coefficient (Wildman–Crippen LogP) is 7.03. The van der Waals surface area contributed by atoms with Gasteiger partial charge >= 0.3 is 5.91 Å². The van der Waals surface area contributed by atoms with Gasteiger partial charge in [-0.25, -0.2) is 13.8 Å². The van der Waals surface area contributed by atoms with Gasteiger partial charge in [-0.1, -0.05) is 55.0 Å². The number of hydrogen-bond donors (Lipinski definition) is 1. The normalized spacial score (nSPS) is 17.0. The Morgan fingerprint density at radius 2 is 1.90 bits per heavy atom. The average Bonchev–Trinajstić information content (AvgIpc) is 3.42. The Balaban J connectivity index is 1.73. The summed E-state index contributed by atoms with van der Waals surface area (Å²) < 4.78 is 34.3. The first kappa shape index (κ1) is 26.5. The second kappa shape index (κ2) is 10.2. The van der Waals surface area contributed by atoms with Crippen molar-refractivity contribution in [3.8, 4) is 5.75 Å². The number of ketones is 1. The standard InChI is InChI=1S/C30H26F2N2O4S/c1-5-38-22-10-9-18(12-20(22)15(2)3)27(35)24-26(17-8-6-7-16(4)11-17)34(29(37)28(24)36)30-33-25-21(32)13-19(31)14-23(25)39-30/h6-15,26,35H,5H2,1-4H3/b27-24+. The van der Waals surface area contributed by atoms with E-state index in [1.54, 1.807) is 30.3 Å². The lowest BCUT2D eigenvalue weighted by Gasteiger charge is -2.23. The lowest BCUT2D eigenvalue weighted by Crippen LogP contribution is -2.29. The molecule has 1 aromatic heterocycles. The molecule has 2 heterocycles. The number of aliphatic hydroxyl groups is 1. The Bertz CT molecular complexity index is 1660. The SMILES string of the molecule is CCOc1ccc(/C(O)=C2\C(=O)C(=O)N(c3nc4c(F)cc(F)cc4s3)C2c2cccc(C)c2)cc1C(C)C. The molecule has 1 unspecified atom stereocenters. The van der Waals surface area contributed by atoms with Crippen LogP contribution >= 0.6 is 11.3 Å². The van der Waals surface area contributed by atoms with Gasteiger partial charge in [-0.2, -0.15) is 0 Å². The Labute approximate surface area is 228 Å². The predicted molar refractivity (Wildman–Crippen MR) is 147 cm³/mol. The maximum atomic E-state index is 14.5. The van der Waals surface area contributed by atoms with Gasteiger partial charge in [-0.3, -0.25) is 14.5 Å². The molecule has 1 amide bonds. The lowest BCUT2D eigenvalue weighted by molar-refractivity contribution is -0.132. The summed E-state index contributed by atoms with van der Waals surface area (Å²) in [7, 11) is 0. The number of amides is 1. The van der Waals surface area contributed by atoms with E-state index in [1.807, 2.05) is 39.8 Å². The number of fused-ring (bicyclic) bond motifs is 1. The first-order valence-corrected chi connectivity index (χ1v) is 13.3. The fraction of sp³-hybridized carbons (Fsp3) is 0.233. The molecule has 3 aromatic carbocycles. The van der Waals surface area contributed by atoms with E-state index in [-0.39, 0.29) is 32.6 Å². The smallest absolute Gasteiger partial charge is 0.301 e. The minimum Gasteiger partial charge on any atom is -0.507 e. The molecule has 1 N–H and O–H groups in total. The molecule has 1 atom stereocenters. The summed E-state index contributed by atoms with van der Waals surface area (Å²) in [5, 5.41) is 11.6. The lowest BCUT2D eigenvalue weighted by atomic mass is 9.92. The molecule has 4 aromatic rings. The maximum Gasteiger partial charge on any atom is 0.301 e. The van der Waals surface area contributed by atoms with Crippen molar-refractivity contribution in [1.82, 2.24) is 4.98 Å². The van der Waals surface area contributed by atoms with Crippen LogP contribution in [0.3, 0.4) is 0 Å². The van der Waals surface area contributed by atoms with Gasteiger partial charge in [0.25, 0.3) is 5.78 Å². The summed E-state index contributed by atoms with van der Waals surface area (Å²) in [6, 6.07) is 13.1. The zero-order valence-corrected chi connectivity index (χ0v) is 22.6. The molecule has 39 heavy (non-hydrogen) atoms. The number of halogens is 2. The number of anilines is 1. The highest BCUT2D eigenvalue weighted by atomic mass is 32.1. The first-order valence-electron chi connectivity index (χ1n) is 12.5. The molecule has 1 saturated heterocycles. The van der Waals surface area contributed by atoms with E-state index >= 15 is 0 Å². The fourth-order valence-electron chi connectivity index (χ4n) is 4.82. The number of carbonyl (C=O) groups is 2. The monoisotopic (exact) mass is 548 g/mol. The minimum atomic E-state index is -1.03. The number of aliphatic hydroxyl groups excluding tert-OH is 1. The van der Waals surface area contributed by atoms with E-state index in [4.69, 9.17) is 4.74 Å². The van der Waals surface area contributed by atoms with Gasteiger partial charge < -0.3 is 9.84 Å². The van der Waals surface area contributed by atoms with Crippen molar-refractivity contribution in [2.24, 2.45) is 0 Å². The van der Waals surface area contributed by atoms with Crippen LogP contribution in [0, 0.1) is 18.6 Å². The number of aryl methyl sites for hydroxylation is 1. The first-order chi connectivity index (χ1) is 18.6. The van der Waals surface area contributed by atoms with Gasteiger partial charge in [0.15, 0.2) is 10.9 Å². The molecule has 0 radical (unpaired) electrons. The zero-order chi connectivity index (χ0) is 28.0. The van der Waals surface area contributed by atoms with Crippen LogP contribution in [0.5, 0.6) is 5.75 Å². The van der Waals surface area contributed by atoms with Crippen molar-refractivity contribution in [3.63, 3.8) is 0 Å². The summed E-state index contributed by atoms with van der Waals surface area (Å²) in [6.45, 7) is 8.19. The molecule has 0 spiro atoms. The van der Waals surface area contributed by atoms with Crippen LogP contribution in [-0.4, -0.2) is 28.4 Å². The Morgan fingerprint density at radius 3 is 2.59 bits per heavy atom. The van der Waals surface area contributed by atoms with Crippen LogP contribution in [0.4, 0.5) is 13.9 Å². The van der Waals surface area contributed by atoms with E-state index < -0.39 is 29.4 Å². The highest BCUT2D eigenvalue weighted by Crippen LogP contribution is 2.45. The Morgan fingerprint density at radius 1 is 1.13 bits per heavy atom. The van der Waals surface area contributed by atoms with Crippen molar-refractivity contribution in [2.45, 2.75) is 39.7 Å². The Hall–Kier alpha value is -4.11. The third-order valence-corrected chi connectivity index (χ3v) is 7.62. The van der Waals surface area contributed by atoms with Gasteiger partial charge in [0.05, 0.1) is 22.9 Å².